The predicted molar refractivity (Wildman–Crippen MR) is 87.6 cm³/mol. The first-order valence-corrected chi connectivity index (χ1v) is 7.60. The third-order valence-corrected chi connectivity index (χ3v) is 3.58. The normalized spacial score (nSPS) is 11.6. The topological polar surface area (TPSA) is 93.3 Å². The van der Waals surface area contributed by atoms with Crippen LogP contribution in [0.1, 0.15) is 17.7 Å². The highest BCUT2D eigenvalue weighted by Crippen LogP contribution is 2.13. The van der Waals surface area contributed by atoms with Gasteiger partial charge in [0.15, 0.2) is 0 Å². The molecule has 24 heavy (non-hydrogen) atoms. The zero-order valence-corrected chi connectivity index (χ0v) is 13.7. The maximum atomic E-state index is 12.1. The fourth-order valence-electron chi connectivity index (χ4n) is 2.27. The van der Waals surface area contributed by atoms with Gasteiger partial charge in [0, 0.05) is 19.0 Å². The summed E-state index contributed by atoms with van der Waals surface area (Å²) in [5, 5.41) is 2.72. The highest BCUT2D eigenvalue weighted by atomic mass is 16.5. The Hall–Kier alpha value is -2.83. The molecule has 2 N–H and O–H groups in total. The largest absolute Gasteiger partial charge is 0.497 e. The van der Waals surface area contributed by atoms with Crippen molar-refractivity contribution < 1.29 is 19.1 Å². The van der Waals surface area contributed by atoms with E-state index in [1.54, 1.807) is 19.6 Å². The van der Waals surface area contributed by atoms with Gasteiger partial charge in [-0.25, -0.2) is 9.78 Å². The number of methoxy groups -OCH3 is 2. The number of esters is 1. The van der Waals surface area contributed by atoms with Crippen LogP contribution in [0.2, 0.25) is 0 Å². The Labute approximate surface area is 140 Å². The minimum atomic E-state index is -0.727. The number of aromatic amines is 1. The van der Waals surface area contributed by atoms with Crippen molar-refractivity contribution in [2.45, 2.75) is 25.3 Å². The Balaban J connectivity index is 1.94. The molecule has 0 aliphatic heterocycles. The Morgan fingerprint density at radius 1 is 1.25 bits per heavy atom. The summed E-state index contributed by atoms with van der Waals surface area (Å²) in [4.78, 5) is 30.9. The van der Waals surface area contributed by atoms with Crippen molar-refractivity contribution in [2.75, 3.05) is 14.2 Å². The van der Waals surface area contributed by atoms with Crippen molar-refractivity contribution >= 4 is 11.9 Å². The van der Waals surface area contributed by atoms with E-state index in [1.165, 1.54) is 7.11 Å². The molecule has 2 aromatic rings. The van der Waals surface area contributed by atoms with Crippen molar-refractivity contribution in [3.8, 4) is 5.75 Å². The third-order valence-electron chi connectivity index (χ3n) is 3.58. The molecule has 0 saturated carbocycles. The maximum Gasteiger partial charge on any atom is 0.328 e. The summed E-state index contributed by atoms with van der Waals surface area (Å²) >= 11 is 0. The quantitative estimate of drug-likeness (QED) is 0.710. The predicted octanol–water partition coefficient (Wildman–Crippen LogP) is 1.25. The number of hydrogen-bond acceptors (Lipinski definition) is 5. The molecule has 1 unspecified atom stereocenters. The highest BCUT2D eigenvalue weighted by molar-refractivity contribution is 5.84. The van der Waals surface area contributed by atoms with Gasteiger partial charge in [0.2, 0.25) is 5.91 Å². The van der Waals surface area contributed by atoms with Crippen LogP contribution in [0.15, 0.2) is 36.8 Å². The third kappa shape index (κ3) is 5.12. The van der Waals surface area contributed by atoms with Gasteiger partial charge < -0.3 is 19.8 Å². The number of hydrogen-bond donors (Lipinski definition) is 2. The molecular formula is C17H21N3O4. The Bertz CT molecular complexity index is 653. The number of amides is 1. The molecule has 128 valence electrons. The van der Waals surface area contributed by atoms with E-state index in [0.29, 0.717) is 12.8 Å². The van der Waals surface area contributed by atoms with Crippen LogP contribution in [0, 0.1) is 0 Å². The SMILES string of the molecule is COC(=O)C(Cc1ccc(OC)cc1)NC(=O)CCc1c[nH]cn1. The average molecular weight is 331 g/mol. The Morgan fingerprint density at radius 3 is 2.58 bits per heavy atom. The molecule has 2 rings (SSSR count). The molecule has 0 saturated heterocycles. The highest BCUT2D eigenvalue weighted by Gasteiger charge is 2.22. The first-order valence-electron chi connectivity index (χ1n) is 7.60. The molecule has 1 amide bonds. The molecule has 1 atom stereocenters. The summed E-state index contributed by atoms with van der Waals surface area (Å²) in [6.45, 7) is 0. The molecular weight excluding hydrogens is 310 g/mol. The summed E-state index contributed by atoms with van der Waals surface area (Å²) in [6, 6.07) is 6.59. The van der Waals surface area contributed by atoms with E-state index in [4.69, 9.17) is 9.47 Å². The second kappa shape index (κ2) is 8.71. The number of aromatic nitrogens is 2. The molecule has 0 bridgehead atoms. The molecule has 0 spiro atoms. The number of H-pyrrole nitrogens is 1. The summed E-state index contributed by atoms with van der Waals surface area (Å²) in [6.07, 6.45) is 4.41. The fraction of sp³-hybridized carbons (Fsp3) is 0.353. The van der Waals surface area contributed by atoms with Crippen molar-refractivity contribution in [1.29, 1.82) is 0 Å². The van der Waals surface area contributed by atoms with Gasteiger partial charge in [-0.3, -0.25) is 4.79 Å². The molecule has 1 heterocycles. The zero-order valence-electron chi connectivity index (χ0n) is 13.7. The van der Waals surface area contributed by atoms with Gasteiger partial charge in [-0.1, -0.05) is 12.1 Å². The number of benzene rings is 1. The molecule has 0 fully saturated rings. The van der Waals surface area contributed by atoms with Crippen LogP contribution in [-0.2, 0) is 27.2 Å². The molecule has 1 aromatic heterocycles. The first-order chi connectivity index (χ1) is 11.6. The number of rotatable bonds is 8. The number of nitrogens with one attached hydrogen (secondary N) is 2. The van der Waals surface area contributed by atoms with Crippen LogP contribution in [0.4, 0.5) is 0 Å². The monoisotopic (exact) mass is 331 g/mol. The second-order valence-corrected chi connectivity index (χ2v) is 5.26. The Morgan fingerprint density at radius 2 is 2.00 bits per heavy atom. The van der Waals surface area contributed by atoms with Crippen LogP contribution in [0.5, 0.6) is 5.75 Å². The summed E-state index contributed by atoms with van der Waals surface area (Å²) in [5.74, 6) is 0.0391. The minimum absolute atomic E-state index is 0.220. The van der Waals surface area contributed by atoms with Crippen LogP contribution in [-0.4, -0.2) is 42.1 Å². The summed E-state index contributed by atoms with van der Waals surface area (Å²) < 4.78 is 9.89. The van der Waals surface area contributed by atoms with Crippen LogP contribution < -0.4 is 10.1 Å². The van der Waals surface area contributed by atoms with E-state index in [9.17, 15) is 9.59 Å². The van der Waals surface area contributed by atoms with E-state index in [2.05, 4.69) is 15.3 Å². The molecule has 0 aliphatic carbocycles. The number of ether oxygens (including phenoxy) is 2. The number of carbonyl (C=O) groups is 2. The van der Waals surface area contributed by atoms with Gasteiger partial charge in [0.1, 0.15) is 11.8 Å². The summed E-state index contributed by atoms with van der Waals surface area (Å²) in [5.41, 5.74) is 1.70. The van der Waals surface area contributed by atoms with Crippen LogP contribution in [0.25, 0.3) is 0 Å². The molecule has 0 aliphatic rings. The van der Waals surface area contributed by atoms with Crippen molar-refractivity contribution in [3.05, 3.63) is 48.0 Å². The summed E-state index contributed by atoms with van der Waals surface area (Å²) in [7, 11) is 2.89. The Kier molecular flexibility index (Phi) is 6.36. The van der Waals surface area contributed by atoms with E-state index < -0.39 is 12.0 Å². The number of carbonyl (C=O) groups excluding carboxylic acids is 2. The number of imidazole rings is 1. The molecule has 1 aromatic carbocycles. The van der Waals surface area contributed by atoms with Gasteiger partial charge in [-0.2, -0.15) is 0 Å². The van der Waals surface area contributed by atoms with E-state index >= 15 is 0 Å². The average Bonchev–Trinajstić information content (AvgIpc) is 3.13. The fourth-order valence-corrected chi connectivity index (χ4v) is 2.27. The van der Waals surface area contributed by atoms with Gasteiger partial charge in [-0.15, -0.1) is 0 Å². The van der Waals surface area contributed by atoms with Gasteiger partial charge in [-0.05, 0) is 24.1 Å². The lowest BCUT2D eigenvalue weighted by Crippen LogP contribution is -2.43. The minimum Gasteiger partial charge on any atom is -0.497 e. The lowest BCUT2D eigenvalue weighted by atomic mass is 10.1. The second-order valence-electron chi connectivity index (χ2n) is 5.26. The van der Waals surface area contributed by atoms with Gasteiger partial charge >= 0.3 is 5.97 Å². The van der Waals surface area contributed by atoms with Crippen LogP contribution >= 0.6 is 0 Å². The molecule has 7 heteroatoms. The first kappa shape index (κ1) is 17.5. The van der Waals surface area contributed by atoms with Crippen LogP contribution in [0.3, 0.4) is 0 Å². The lowest BCUT2D eigenvalue weighted by molar-refractivity contribution is -0.145. The van der Waals surface area contributed by atoms with Gasteiger partial charge in [0.05, 0.1) is 26.2 Å². The molecule has 7 nitrogen and oxygen atoms in total. The van der Waals surface area contributed by atoms with E-state index in [0.717, 1.165) is 17.0 Å². The number of nitrogens with zero attached hydrogens (tertiary/aromatic N) is 1. The maximum absolute atomic E-state index is 12.1. The standard InChI is InChI=1S/C17H21N3O4/c1-23-14-6-3-12(4-7-14)9-15(17(22)24-2)20-16(21)8-5-13-10-18-11-19-13/h3-4,6-7,10-11,15H,5,8-9H2,1-2H3,(H,18,19)(H,20,21). The number of aryl methyl sites for hydroxylation is 1. The van der Waals surface area contributed by atoms with E-state index in [-0.39, 0.29) is 12.3 Å². The zero-order chi connectivity index (χ0) is 17.4. The van der Waals surface area contributed by atoms with Crippen molar-refractivity contribution in [1.82, 2.24) is 15.3 Å². The lowest BCUT2D eigenvalue weighted by Gasteiger charge is -2.16. The molecule has 0 radical (unpaired) electrons. The van der Waals surface area contributed by atoms with Gasteiger partial charge in [0.25, 0.3) is 0 Å². The van der Waals surface area contributed by atoms with Crippen molar-refractivity contribution in [2.24, 2.45) is 0 Å². The van der Waals surface area contributed by atoms with Crippen molar-refractivity contribution in [3.63, 3.8) is 0 Å². The van der Waals surface area contributed by atoms with E-state index in [1.807, 2.05) is 24.3 Å². The smallest absolute Gasteiger partial charge is 0.328 e.